The number of benzene rings is 2. The number of nitro groups is 1. The molecule has 0 radical (unpaired) electrons. The van der Waals surface area contributed by atoms with Gasteiger partial charge in [-0.2, -0.15) is 9.41 Å². The Balaban J connectivity index is 1.50. The lowest BCUT2D eigenvalue weighted by Crippen LogP contribution is -3.15. The number of rotatable bonds is 7. The van der Waals surface area contributed by atoms with Gasteiger partial charge >= 0.3 is 0 Å². The number of nitrogens with zero attached hydrogens (tertiary/aromatic N) is 3. The molecule has 164 valence electrons. The number of nitrogens with one attached hydrogen (secondary N) is 2. The van der Waals surface area contributed by atoms with Gasteiger partial charge in [-0.25, -0.2) is 13.8 Å². The van der Waals surface area contributed by atoms with Crippen molar-refractivity contribution in [2.75, 3.05) is 32.7 Å². The first kappa shape index (κ1) is 22.5. The van der Waals surface area contributed by atoms with Gasteiger partial charge in [-0.1, -0.05) is 29.8 Å². The molecule has 2 aromatic rings. The number of hydrogen-bond acceptors (Lipinski definition) is 6. The molecular weight excluding hydrogens is 422 g/mol. The number of carbonyl (C=O) groups is 1. The summed E-state index contributed by atoms with van der Waals surface area (Å²) in [6.07, 6.45) is 1.23. The molecule has 2 aromatic carbocycles. The van der Waals surface area contributed by atoms with Crippen LogP contribution in [0.2, 0.25) is 0 Å². The van der Waals surface area contributed by atoms with E-state index in [-0.39, 0.29) is 28.6 Å². The van der Waals surface area contributed by atoms with E-state index in [0.717, 1.165) is 10.5 Å². The fourth-order valence-electron chi connectivity index (χ4n) is 3.28. The minimum atomic E-state index is -3.55. The average molecular weight is 447 g/mol. The van der Waals surface area contributed by atoms with Crippen LogP contribution in [-0.4, -0.2) is 62.5 Å². The molecule has 1 fully saturated rings. The minimum Gasteiger partial charge on any atom is -0.325 e. The first-order chi connectivity index (χ1) is 14.8. The summed E-state index contributed by atoms with van der Waals surface area (Å²) in [4.78, 5) is 23.8. The topological polar surface area (TPSA) is 126 Å². The van der Waals surface area contributed by atoms with Gasteiger partial charge < -0.3 is 4.90 Å². The predicted octanol–water partition coefficient (Wildman–Crippen LogP) is -0.0573. The number of piperazine rings is 1. The van der Waals surface area contributed by atoms with Crippen LogP contribution in [0.5, 0.6) is 0 Å². The molecule has 2 N–H and O–H groups in total. The second kappa shape index (κ2) is 9.77. The fourth-order valence-corrected chi connectivity index (χ4v) is 4.72. The van der Waals surface area contributed by atoms with Crippen molar-refractivity contribution in [1.82, 2.24) is 9.73 Å². The number of hydrazone groups is 1. The summed E-state index contributed by atoms with van der Waals surface area (Å²) in [6.45, 7) is 3.65. The van der Waals surface area contributed by atoms with E-state index in [1.165, 1.54) is 22.7 Å². The standard InChI is InChI=1S/C20H23N5O5S/c1-16-6-8-18(9-7-16)31(29,30)24-12-10-23(11-13-24)15-20(26)22-21-14-17-4-2-3-5-19(17)25(27)28/h2-9,14H,10-13,15H2,1H3,(H,22,26)/p+1/b21-14+. The molecule has 1 amide bonds. The highest BCUT2D eigenvalue weighted by Gasteiger charge is 2.31. The highest BCUT2D eigenvalue weighted by Crippen LogP contribution is 2.16. The van der Waals surface area contributed by atoms with Crippen LogP contribution in [0.3, 0.4) is 0 Å². The van der Waals surface area contributed by atoms with E-state index >= 15 is 0 Å². The Labute approximate surface area is 180 Å². The Morgan fingerprint density at radius 1 is 1.19 bits per heavy atom. The SMILES string of the molecule is Cc1ccc(S(=O)(=O)N2CC[NH+](CC(=O)N/N=C/c3ccccc3[N+](=O)[O-])CC2)cc1. The maximum absolute atomic E-state index is 12.7. The third-order valence-electron chi connectivity index (χ3n) is 5.03. The second-order valence-corrected chi connectivity index (χ2v) is 9.19. The number of hydrogen-bond donors (Lipinski definition) is 2. The maximum atomic E-state index is 12.7. The molecule has 0 unspecified atom stereocenters. The third-order valence-corrected chi connectivity index (χ3v) is 6.94. The van der Waals surface area contributed by atoms with E-state index in [0.29, 0.717) is 26.2 Å². The molecule has 3 rings (SSSR count). The summed E-state index contributed by atoms with van der Waals surface area (Å²) in [6, 6.07) is 12.8. The van der Waals surface area contributed by atoms with Crippen molar-refractivity contribution in [2.24, 2.45) is 5.10 Å². The van der Waals surface area contributed by atoms with E-state index in [1.54, 1.807) is 36.4 Å². The molecule has 31 heavy (non-hydrogen) atoms. The number of aryl methyl sites for hydroxylation is 1. The second-order valence-electron chi connectivity index (χ2n) is 7.25. The Bertz CT molecular complexity index is 1080. The lowest BCUT2D eigenvalue weighted by molar-refractivity contribution is -0.895. The third kappa shape index (κ3) is 5.72. The summed E-state index contributed by atoms with van der Waals surface area (Å²) in [5.74, 6) is -0.348. The molecule has 0 aromatic heterocycles. The van der Waals surface area contributed by atoms with E-state index in [1.807, 2.05) is 6.92 Å². The maximum Gasteiger partial charge on any atom is 0.295 e. The number of sulfonamides is 1. The first-order valence-corrected chi connectivity index (χ1v) is 11.2. The van der Waals surface area contributed by atoms with Crippen LogP contribution >= 0.6 is 0 Å². The zero-order chi connectivity index (χ0) is 22.4. The molecular formula is C20H24N5O5S+. The largest absolute Gasteiger partial charge is 0.325 e. The molecule has 10 nitrogen and oxygen atoms in total. The van der Waals surface area contributed by atoms with Gasteiger partial charge in [-0.3, -0.25) is 14.9 Å². The van der Waals surface area contributed by atoms with Gasteiger partial charge in [0.2, 0.25) is 10.0 Å². The molecule has 0 spiro atoms. The van der Waals surface area contributed by atoms with Gasteiger partial charge in [0, 0.05) is 6.07 Å². The zero-order valence-electron chi connectivity index (χ0n) is 17.0. The molecule has 1 heterocycles. The molecule has 0 aliphatic carbocycles. The van der Waals surface area contributed by atoms with Crippen LogP contribution in [0, 0.1) is 17.0 Å². The number of para-hydroxylation sites is 1. The van der Waals surface area contributed by atoms with Crippen molar-refractivity contribution < 1.29 is 23.0 Å². The van der Waals surface area contributed by atoms with Gasteiger partial charge in [-0.15, -0.1) is 0 Å². The van der Waals surface area contributed by atoms with Crippen LogP contribution in [0.1, 0.15) is 11.1 Å². The molecule has 0 atom stereocenters. The zero-order valence-corrected chi connectivity index (χ0v) is 17.8. The predicted molar refractivity (Wildman–Crippen MR) is 114 cm³/mol. The smallest absolute Gasteiger partial charge is 0.295 e. The van der Waals surface area contributed by atoms with Crippen molar-refractivity contribution in [3.63, 3.8) is 0 Å². The van der Waals surface area contributed by atoms with Crippen LogP contribution in [0.15, 0.2) is 58.5 Å². The average Bonchev–Trinajstić information content (AvgIpc) is 2.74. The van der Waals surface area contributed by atoms with E-state index in [9.17, 15) is 23.3 Å². The Morgan fingerprint density at radius 2 is 1.84 bits per heavy atom. The van der Waals surface area contributed by atoms with Gasteiger partial charge in [0.1, 0.15) is 0 Å². The lowest BCUT2D eigenvalue weighted by atomic mass is 10.2. The lowest BCUT2D eigenvalue weighted by Gasteiger charge is -2.31. The summed E-state index contributed by atoms with van der Waals surface area (Å²) in [7, 11) is -3.55. The number of amides is 1. The molecule has 1 aliphatic heterocycles. The minimum absolute atomic E-state index is 0.1000. The van der Waals surface area contributed by atoms with Crippen LogP contribution in [0.25, 0.3) is 0 Å². The van der Waals surface area contributed by atoms with Crippen LogP contribution in [-0.2, 0) is 14.8 Å². The first-order valence-electron chi connectivity index (χ1n) is 9.73. The quantitative estimate of drug-likeness (QED) is 0.350. The Morgan fingerprint density at radius 3 is 2.48 bits per heavy atom. The molecule has 1 saturated heterocycles. The van der Waals surface area contributed by atoms with Crippen molar-refractivity contribution >= 4 is 27.8 Å². The number of nitro benzene ring substituents is 1. The van der Waals surface area contributed by atoms with Crippen molar-refractivity contribution in [3.05, 3.63) is 69.8 Å². The van der Waals surface area contributed by atoms with Crippen LogP contribution < -0.4 is 10.3 Å². The van der Waals surface area contributed by atoms with Gasteiger partial charge in [-0.05, 0) is 25.1 Å². The van der Waals surface area contributed by atoms with Crippen LogP contribution in [0.4, 0.5) is 5.69 Å². The number of carbonyl (C=O) groups excluding carboxylic acids is 1. The monoisotopic (exact) mass is 446 g/mol. The molecule has 11 heteroatoms. The summed E-state index contributed by atoms with van der Waals surface area (Å²) >= 11 is 0. The Hall–Kier alpha value is -3.15. The number of quaternary nitrogens is 1. The van der Waals surface area contributed by atoms with Crippen molar-refractivity contribution in [1.29, 1.82) is 0 Å². The summed E-state index contributed by atoms with van der Waals surface area (Å²) in [5, 5.41) is 14.8. The Kier molecular flexibility index (Phi) is 7.10. The fraction of sp³-hybridized carbons (Fsp3) is 0.300. The van der Waals surface area contributed by atoms with Crippen molar-refractivity contribution in [2.45, 2.75) is 11.8 Å². The highest BCUT2D eigenvalue weighted by atomic mass is 32.2. The van der Waals surface area contributed by atoms with E-state index < -0.39 is 14.9 Å². The van der Waals surface area contributed by atoms with E-state index in [2.05, 4.69) is 10.5 Å². The van der Waals surface area contributed by atoms with Gasteiger partial charge in [0.15, 0.2) is 6.54 Å². The molecule has 0 bridgehead atoms. The highest BCUT2D eigenvalue weighted by molar-refractivity contribution is 7.89. The summed E-state index contributed by atoms with van der Waals surface area (Å²) < 4.78 is 26.9. The van der Waals surface area contributed by atoms with Crippen molar-refractivity contribution in [3.8, 4) is 0 Å². The van der Waals surface area contributed by atoms with E-state index in [4.69, 9.17) is 0 Å². The normalized spacial score (nSPS) is 15.8. The molecule has 0 saturated carbocycles. The van der Waals surface area contributed by atoms with Gasteiger partial charge in [0.25, 0.3) is 11.6 Å². The summed E-state index contributed by atoms with van der Waals surface area (Å²) in [5.41, 5.74) is 3.55. The van der Waals surface area contributed by atoms with Gasteiger partial charge in [0.05, 0.1) is 47.8 Å². The molecule has 1 aliphatic rings.